The Balaban J connectivity index is 1.10. The van der Waals surface area contributed by atoms with Crippen molar-refractivity contribution in [1.82, 2.24) is 15.5 Å². The molecule has 1 saturated carbocycles. The predicted octanol–water partition coefficient (Wildman–Crippen LogP) is 4.23. The summed E-state index contributed by atoms with van der Waals surface area (Å²) in [6, 6.07) is 14.9. The highest BCUT2D eigenvalue weighted by Gasteiger charge is 2.27. The van der Waals surface area contributed by atoms with Gasteiger partial charge in [-0.25, -0.2) is 4.99 Å². The molecule has 2 aliphatic carbocycles. The van der Waals surface area contributed by atoms with E-state index in [4.69, 9.17) is 9.98 Å². The van der Waals surface area contributed by atoms with Crippen molar-refractivity contribution < 1.29 is 4.79 Å². The number of hydrogen-bond acceptors (Lipinski definition) is 5. The molecule has 1 amide bonds. The van der Waals surface area contributed by atoms with Crippen LogP contribution in [0, 0.1) is 5.92 Å². The first kappa shape index (κ1) is 23.3. The normalized spacial score (nSPS) is 23.6. The van der Waals surface area contributed by atoms with Crippen LogP contribution in [0.3, 0.4) is 0 Å². The summed E-state index contributed by atoms with van der Waals surface area (Å²) in [7, 11) is 4.08. The number of nitrogens with one attached hydrogen (secondary N) is 2. The van der Waals surface area contributed by atoms with Gasteiger partial charge in [-0.2, -0.15) is 4.99 Å². The van der Waals surface area contributed by atoms with E-state index in [1.165, 1.54) is 11.0 Å². The zero-order chi connectivity index (χ0) is 24.2. The van der Waals surface area contributed by atoms with E-state index in [1.807, 2.05) is 32.3 Å². The van der Waals surface area contributed by atoms with Gasteiger partial charge in [0.15, 0.2) is 0 Å². The highest BCUT2D eigenvalue weighted by Crippen LogP contribution is 2.26. The van der Waals surface area contributed by atoms with Crippen LogP contribution in [0.15, 0.2) is 76.3 Å². The summed E-state index contributed by atoms with van der Waals surface area (Å²) in [5, 5.41) is 9.13. The maximum atomic E-state index is 12.7. The average molecular weight is 470 g/mol. The van der Waals surface area contributed by atoms with Crippen molar-refractivity contribution in [3.63, 3.8) is 0 Å². The van der Waals surface area contributed by atoms with E-state index in [-0.39, 0.29) is 11.9 Å². The molecule has 3 aliphatic rings. The van der Waals surface area contributed by atoms with Crippen LogP contribution >= 0.6 is 0 Å². The molecule has 1 fully saturated rings. The first-order valence-electron chi connectivity index (χ1n) is 12.8. The van der Waals surface area contributed by atoms with Gasteiger partial charge < -0.3 is 15.5 Å². The number of amidine groups is 1. The van der Waals surface area contributed by atoms with Gasteiger partial charge in [-0.1, -0.05) is 60.7 Å². The summed E-state index contributed by atoms with van der Waals surface area (Å²) in [6.07, 6.45) is 12.3. The van der Waals surface area contributed by atoms with Crippen molar-refractivity contribution >= 4 is 28.5 Å². The van der Waals surface area contributed by atoms with Gasteiger partial charge in [0.05, 0.1) is 6.42 Å². The Bertz CT molecular complexity index is 1200. The molecule has 0 spiro atoms. The van der Waals surface area contributed by atoms with Crippen molar-refractivity contribution in [2.75, 3.05) is 20.6 Å². The molecule has 6 heteroatoms. The molecule has 2 N–H and O–H groups in total. The molecule has 0 bridgehead atoms. The molecular formula is C29H35N5O. The van der Waals surface area contributed by atoms with Crippen LogP contribution in [-0.2, 0) is 11.2 Å². The van der Waals surface area contributed by atoms with Crippen molar-refractivity contribution in [3.8, 4) is 0 Å². The van der Waals surface area contributed by atoms with Gasteiger partial charge in [0.2, 0.25) is 11.9 Å². The second kappa shape index (κ2) is 10.5. The summed E-state index contributed by atoms with van der Waals surface area (Å²) in [4.78, 5) is 24.4. The Kier molecular flexibility index (Phi) is 6.98. The number of rotatable bonds is 5. The lowest BCUT2D eigenvalue weighted by atomic mass is 9.86. The van der Waals surface area contributed by atoms with Crippen LogP contribution in [0.1, 0.15) is 37.7 Å². The number of likely N-dealkylation sites (N-methyl/N-ethyl adjacent to an activating group) is 1. The monoisotopic (exact) mass is 469 g/mol. The minimum Gasteiger partial charge on any atom is -0.362 e. The Morgan fingerprint density at radius 2 is 1.86 bits per heavy atom. The lowest BCUT2D eigenvalue weighted by Crippen LogP contribution is -2.43. The molecule has 6 nitrogen and oxygen atoms in total. The van der Waals surface area contributed by atoms with Gasteiger partial charge >= 0.3 is 0 Å². The third kappa shape index (κ3) is 5.47. The van der Waals surface area contributed by atoms with Crippen LogP contribution in [0.25, 0.3) is 10.8 Å². The number of hydrogen-bond donors (Lipinski definition) is 2. The molecule has 5 rings (SSSR count). The van der Waals surface area contributed by atoms with Gasteiger partial charge in [0.1, 0.15) is 11.9 Å². The SMILES string of the molecule is CN(C)C1=NC(NC2CCC(CNC(=O)Cc3cccc4ccccc34)CC2)=NC2C=CCC=C12. The molecule has 1 unspecified atom stereocenters. The molecular weight excluding hydrogens is 434 g/mol. The van der Waals surface area contributed by atoms with Crippen molar-refractivity contribution in [1.29, 1.82) is 0 Å². The first-order valence-corrected chi connectivity index (χ1v) is 12.8. The minimum absolute atomic E-state index is 0.0643. The highest BCUT2D eigenvalue weighted by molar-refractivity contribution is 6.08. The quantitative estimate of drug-likeness (QED) is 0.644. The zero-order valence-electron chi connectivity index (χ0n) is 20.7. The third-order valence-corrected chi connectivity index (χ3v) is 7.26. The lowest BCUT2D eigenvalue weighted by molar-refractivity contribution is -0.120. The fraction of sp³-hybridized carbons (Fsp3) is 0.414. The van der Waals surface area contributed by atoms with Gasteiger partial charge in [0, 0.05) is 32.3 Å². The Hall–Kier alpha value is -3.41. The summed E-state index contributed by atoms with van der Waals surface area (Å²) in [5.74, 6) is 2.37. The number of allylic oxidation sites excluding steroid dienone is 2. The van der Waals surface area contributed by atoms with Gasteiger partial charge in [-0.05, 0) is 54.4 Å². The predicted molar refractivity (Wildman–Crippen MR) is 144 cm³/mol. The van der Waals surface area contributed by atoms with E-state index in [1.54, 1.807) is 0 Å². The third-order valence-electron chi connectivity index (χ3n) is 7.26. The number of aliphatic imine (C=N–C) groups is 2. The average Bonchev–Trinajstić information content (AvgIpc) is 2.88. The van der Waals surface area contributed by atoms with E-state index in [0.717, 1.165) is 61.4 Å². The lowest BCUT2D eigenvalue weighted by Gasteiger charge is -2.32. The molecule has 2 aromatic carbocycles. The van der Waals surface area contributed by atoms with Gasteiger partial charge in [-0.3, -0.25) is 4.79 Å². The summed E-state index contributed by atoms with van der Waals surface area (Å²) < 4.78 is 0. The molecule has 1 atom stereocenters. The van der Waals surface area contributed by atoms with Gasteiger partial charge in [0.25, 0.3) is 0 Å². The van der Waals surface area contributed by atoms with Crippen molar-refractivity contribution in [2.45, 2.75) is 50.6 Å². The molecule has 0 saturated heterocycles. The van der Waals surface area contributed by atoms with Crippen LogP contribution in [0.2, 0.25) is 0 Å². The van der Waals surface area contributed by atoms with E-state index in [9.17, 15) is 4.79 Å². The van der Waals surface area contributed by atoms with E-state index in [2.05, 4.69) is 58.0 Å². The van der Waals surface area contributed by atoms with Crippen LogP contribution < -0.4 is 10.6 Å². The number of carbonyl (C=O) groups excluding carboxylic acids is 1. The molecule has 1 aliphatic heterocycles. The number of carbonyl (C=O) groups is 1. The second-order valence-corrected chi connectivity index (χ2v) is 10.0. The largest absolute Gasteiger partial charge is 0.362 e. The number of guanidine groups is 1. The second-order valence-electron chi connectivity index (χ2n) is 10.0. The standard InChI is InChI=1S/C29H35N5O/c1-34(2)28-25-12-5-6-13-26(25)32-29(33-28)31-23-16-14-20(15-17-23)19-30-27(35)18-22-10-7-9-21-8-3-4-11-24(21)22/h3-4,6-13,20,23,26H,5,14-19H2,1-2H3,(H,30,35)(H,31,32). The van der Waals surface area contributed by atoms with Crippen LogP contribution in [0.4, 0.5) is 0 Å². The number of fused-ring (bicyclic) bond motifs is 2. The molecule has 0 aromatic heterocycles. The highest BCUT2D eigenvalue weighted by atomic mass is 16.1. The van der Waals surface area contributed by atoms with Crippen molar-refractivity contribution in [3.05, 3.63) is 71.8 Å². The number of amides is 1. The first-order chi connectivity index (χ1) is 17.1. The molecule has 0 radical (unpaired) electrons. The topological polar surface area (TPSA) is 69.1 Å². The Morgan fingerprint density at radius 3 is 2.69 bits per heavy atom. The molecule has 2 aromatic rings. The smallest absolute Gasteiger partial charge is 0.224 e. The summed E-state index contributed by atoms with van der Waals surface area (Å²) in [6.45, 7) is 0.751. The zero-order valence-corrected chi connectivity index (χ0v) is 20.7. The van der Waals surface area contributed by atoms with Crippen LogP contribution in [-0.4, -0.2) is 55.3 Å². The van der Waals surface area contributed by atoms with E-state index in [0.29, 0.717) is 18.4 Å². The molecule has 182 valence electrons. The maximum Gasteiger partial charge on any atom is 0.224 e. The maximum absolute atomic E-state index is 12.7. The molecule has 1 heterocycles. The Labute approximate surface area is 207 Å². The van der Waals surface area contributed by atoms with Crippen LogP contribution in [0.5, 0.6) is 0 Å². The van der Waals surface area contributed by atoms with E-state index < -0.39 is 0 Å². The fourth-order valence-corrected chi connectivity index (χ4v) is 5.35. The van der Waals surface area contributed by atoms with E-state index >= 15 is 0 Å². The van der Waals surface area contributed by atoms with Crippen molar-refractivity contribution in [2.24, 2.45) is 15.9 Å². The summed E-state index contributed by atoms with van der Waals surface area (Å²) >= 11 is 0. The Morgan fingerprint density at radius 1 is 1.06 bits per heavy atom. The minimum atomic E-state index is 0.0643. The summed E-state index contributed by atoms with van der Waals surface area (Å²) in [5.41, 5.74) is 2.29. The molecule has 35 heavy (non-hydrogen) atoms. The number of benzene rings is 2. The fourth-order valence-electron chi connectivity index (χ4n) is 5.35. The van der Waals surface area contributed by atoms with Gasteiger partial charge in [-0.15, -0.1) is 0 Å². The number of nitrogens with zero attached hydrogens (tertiary/aromatic N) is 3.